The van der Waals surface area contributed by atoms with Gasteiger partial charge in [-0.3, -0.25) is 9.35 Å². The van der Waals surface area contributed by atoms with Gasteiger partial charge in [-0.15, -0.1) is 0 Å². The van der Waals surface area contributed by atoms with Gasteiger partial charge in [0.15, 0.2) is 0 Å². The topological polar surface area (TPSA) is 74.7 Å². The van der Waals surface area contributed by atoms with Crippen molar-refractivity contribution in [2.24, 2.45) is 23.2 Å². The van der Waals surface area contributed by atoms with E-state index in [-0.39, 0.29) is 17.9 Å². The van der Waals surface area contributed by atoms with Crippen LogP contribution in [0.2, 0.25) is 0 Å². The third kappa shape index (κ3) is 4.19. The van der Waals surface area contributed by atoms with E-state index in [1.165, 1.54) is 24.2 Å². The van der Waals surface area contributed by atoms with Crippen LogP contribution in [0, 0.1) is 23.2 Å². The van der Waals surface area contributed by atoms with Gasteiger partial charge >= 0.3 is 0 Å². The minimum atomic E-state index is -4.02. The number of nitrogens with zero attached hydrogens (tertiary/aromatic N) is 1. The number of hydrogen-bond donors (Lipinski definition) is 1. The minimum absolute atomic E-state index is 0.0235. The largest absolute Gasteiger partial charge is 0.344 e. The SMILES string of the molecule is CC1CC2CC(C1)CC(C)(C(=O)N(C)CCS(=O)(=O)O)C2. The quantitative estimate of drug-likeness (QED) is 0.807. The van der Waals surface area contributed by atoms with Crippen molar-refractivity contribution in [3.8, 4) is 0 Å². The van der Waals surface area contributed by atoms with Crippen molar-refractivity contribution >= 4 is 16.0 Å². The van der Waals surface area contributed by atoms with E-state index in [0.717, 1.165) is 18.8 Å². The van der Waals surface area contributed by atoms with E-state index < -0.39 is 15.9 Å². The fourth-order valence-corrected chi connectivity index (χ4v) is 5.08. The predicted octanol–water partition coefficient (Wildman–Crippen LogP) is 2.19. The molecule has 1 N–H and O–H groups in total. The molecule has 2 bridgehead atoms. The third-order valence-corrected chi connectivity index (χ3v) is 5.86. The van der Waals surface area contributed by atoms with Crippen LogP contribution < -0.4 is 0 Å². The van der Waals surface area contributed by atoms with Crippen LogP contribution >= 0.6 is 0 Å². The number of carbonyl (C=O) groups is 1. The first-order chi connectivity index (χ1) is 9.59. The lowest BCUT2D eigenvalue weighted by molar-refractivity contribution is -0.145. The summed E-state index contributed by atoms with van der Waals surface area (Å²) in [4.78, 5) is 14.2. The van der Waals surface area contributed by atoms with Gasteiger partial charge in [-0.25, -0.2) is 0 Å². The van der Waals surface area contributed by atoms with Crippen molar-refractivity contribution in [2.45, 2.75) is 46.0 Å². The van der Waals surface area contributed by atoms with Crippen molar-refractivity contribution < 1.29 is 17.8 Å². The van der Waals surface area contributed by atoms with Gasteiger partial charge in [0.05, 0.1) is 5.75 Å². The van der Waals surface area contributed by atoms with Crippen LogP contribution in [0.15, 0.2) is 0 Å². The molecule has 2 aliphatic carbocycles. The summed E-state index contributed by atoms with van der Waals surface area (Å²) in [6, 6.07) is 0. The van der Waals surface area contributed by atoms with E-state index in [1.54, 1.807) is 7.05 Å². The molecule has 6 heteroatoms. The standard InChI is InChI=1S/C15H27NO4S/c1-11-6-12-8-13(7-11)10-15(2,9-12)14(17)16(3)4-5-21(18,19)20/h11-13H,4-10H2,1-3H3,(H,18,19,20). The summed E-state index contributed by atoms with van der Waals surface area (Å²) in [5, 5.41) is 0. The zero-order valence-corrected chi connectivity index (χ0v) is 14.0. The molecule has 1 amide bonds. The molecule has 2 saturated carbocycles. The van der Waals surface area contributed by atoms with Crippen molar-refractivity contribution in [3.63, 3.8) is 0 Å². The molecule has 0 aliphatic heterocycles. The van der Waals surface area contributed by atoms with Gasteiger partial charge in [0.2, 0.25) is 5.91 Å². The predicted molar refractivity (Wildman–Crippen MR) is 81.4 cm³/mol. The smallest absolute Gasteiger partial charge is 0.266 e. The Bertz CT molecular complexity index is 484. The molecule has 2 unspecified atom stereocenters. The molecule has 2 aliphatic rings. The number of rotatable bonds is 4. The van der Waals surface area contributed by atoms with E-state index in [1.807, 2.05) is 6.92 Å². The molecule has 2 atom stereocenters. The zero-order chi connectivity index (χ0) is 15.8. The molecule has 0 aromatic heterocycles. The van der Waals surface area contributed by atoms with E-state index in [4.69, 9.17) is 4.55 Å². The van der Waals surface area contributed by atoms with Crippen molar-refractivity contribution in [3.05, 3.63) is 0 Å². The lowest BCUT2D eigenvalue weighted by atomic mass is 9.59. The summed E-state index contributed by atoms with van der Waals surface area (Å²) in [6.45, 7) is 4.37. The highest BCUT2D eigenvalue weighted by Crippen LogP contribution is 2.50. The summed E-state index contributed by atoms with van der Waals surface area (Å²) >= 11 is 0. The normalized spacial score (nSPS) is 36.3. The van der Waals surface area contributed by atoms with Crippen LogP contribution in [0.25, 0.3) is 0 Å². The fraction of sp³-hybridized carbons (Fsp3) is 0.933. The molecule has 2 rings (SSSR count). The molecule has 0 saturated heterocycles. The fourth-order valence-electron chi connectivity index (χ4n) is 4.58. The van der Waals surface area contributed by atoms with Crippen molar-refractivity contribution in [2.75, 3.05) is 19.3 Å². The van der Waals surface area contributed by atoms with Crippen LogP contribution in [-0.2, 0) is 14.9 Å². The van der Waals surface area contributed by atoms with E-state index in [2.05, 4.69) is 6.92 Å². The molecule has 0 spiro atoms. The lowest BCUT2D eigenvalue weighted by Crippen LogP contribution is -2.47. The molecule has 21 heavy (non-hydrogen) atoms. The highest BCUT2D eigenvalue weighted by Gasteiger charge is 2.46. The summed E-state index contributed by atoms with van der Waals surface area (Å²) in [5.41, 5.74) is -0.373. The van der Waals surface area contributed by atoms with Crippen molar-refractivity contribution in [1.82, 2.24) is 4.90 Å². The molecule has 0 radical (unpaired) electrons. The van der Waals surface area contributed by atoms with E-state index >= 15 is 0 Å². The second kappa shape index (κ2) is 5.88. The third-order valence-electron chi connectivity index (χ3n) is 5.16. The van der Waals surface area contributed by atoms with Gasteiger partial charge in [-0.05, 0) is 49.9 Å². The van der Waals surface area contributed by atoms with Crippen LogP contribution in [0.3, 0.4) is 0 Å². The Balaban J connectivity index is 2.01. The summed E-state index contributed by atoms with van der Waals surface area (Å²) in [7, 11) is -2.39. The van der Waals surface area contributed by atoms with E-state index in [0.29, 0.717) is 11.8 Å². The zero-order valence-electron chi connectivity index (χ0n) is 13.2. The molecule has 0 heterocycles. The van der Waals surface area contributed by atoms with Crippen LogP contribution in [0.4, 0.5) is 0 Å². The Morgan fingerprint density at radius 1 is 1.24 bits per heavy atom. The Labute approximate surface area is 127 Å². The van der Waals surface area contributed by atoms with Crippen LogP contribution in [0.5, 0.6) is 0 Å². The number of amides is 1. The summed E-state index contributed by atoms with van der Waals surface area (Å²) in [5.74, 6) is 1.63. The van der Waals surface area contributed by atoms with Gasteiger partial charge in [0.25, 0.3) is 10.1 Å². The summed E-state index contributed by atoms with van der Waals surface area (Å²) < 4.78 is 30.5. The maximum atomic E-state index is 12.7. The number of fused-ring (bicyclic) bond motifs is 2. The van der Waals surface area contributed by atoms with Gasteiger partial charge in [0, 0.05) is 19.0 Å². The second-order valence-electron chi connectivity index (χ2n) is 7.53. The maximum Gasteiger partial charge on any atom is 0.266 e. The van der Waals surface area contributed by atoms with Gasteiger partial charge in [-0.2, -0.15) is 8.42 Å². The molecule has 5 nitrogen and oxygen atoms in total. The average molecular weight is 317 g/mol. The molecule has 0 aromatic rings. The minimum Gasteiger partial charge on any atom is -0.344 e. The average Bonchev–Trinajstić information content (AvgIpc) is 2.32. The monoisotopic (exact) mass is 317 g/mol. The van der Waals surface area contributed by atoms with E-state index in [9.17, 15) is 13.2 Å². The van der Waals surface area contributed by atoms with Gasteiger partial charge in [0.1, 0.15) is 0 Å². The molecular weight excluding hydrogens is 290 g/mol. The summed E-state index contributed by atoms with van der Waals surface area (Å²) in [6.07, 6.45) is 5.45. The Hall–Kier alpha value is -0.620. The lowest BCUT2D eigenvalue weighted by Gasteiger charge is -2.47. The van der Waals surface area contributed by atoms with Gasteiger partial charge < -0.3 is 4.90 Å². The highest BCUT2D eigenvalue weighted by atomic mass is 32.2. The maximum absolute atomic E-state index is 12.7. The first-order valence-corrected chi connectivity index (χ1v) is 9.41. The second-order valence-corrected chi connectivity index (χ2v) is 9.10. The van der Waals surface area contributed by atoms with Crippen molar-refractivity contribution in [1.29, 1.82) is 0 Å². The van der Waals surface area contributed by atoms with Crippen LogP contribution in [-0.4, -0.2) is 43.1 Å². The van der Waals surface area contributed by atoms with Crippen LogP contribution in [0.1, 0.15) is 46.0 Å². The highest BCUT2D eigenvalue weighted by molar-refractivity contribution is 7.85. The Morgan fingerprint density at radius 2 is 1.76 bits per heavy atom. The molecular formula is C15H27NO4S. The number of hydrogen-bond acceptors (Lipinski definition) is 3. The first-order valence-electron chi connectivity index (χ1n) is 7.80. The van der Waals surface area contributed by atoms with Gasteiger partial charge in [-0.1, -0.05) is 13.8 Å². The Kier molecular flexibility index (Phi) is 4.69. The molecule has 122 valence electrons. The molecule has 0 aromatic carbocycles. The first kappa shape index (κ1) is 16.7. The molecule has 2 fully saturated rings. The number of carbonyl (C=O) groups excluding carboxylic acids is 1. The Morgan fingerprint density at radius 3 is 2.24 bits per heavy atom.